The zero-order valence-corrected chi connectivity index (χ0v) is 9.70. The van der Waals surface area contributed by atoms with Crippen molar-refractivity contribution in [3.63, 3.8) is 0 Å². The van der Waals surface area contributed by atoms with Gasteiger partial charge in [-0.3, -0.25) is 4.79 Å². The summed E-state index contributed by atoms with van der Waals surface area (Å²) in [5.74, 6) is 0.284. The Morgan fingerprint density at radius 3 is 2.50 bits per heavy atom. The molecule has 0 unspecified atom stereocenters. The molecule has 0 radical (unpaired) electrons. The summed E-state index contributed by atoms with van der Waals surface area (Å²) < 4.78 is 13.0. The van der Waals surface area contributed by atoms with Gasteiger partial charge in [0.15, 0.2) is 0 Å². The predicted octanol–water partition coefficient (Wildman–Crippen LogP) is 1.46. The fourth-order valence-corrected chi connectivity index (χ4v) is 2.82. The SMILES string of the molecule is N[C@H](C(=O)N1CC[C@@H](F)C1)C1CCCCC1. The molecule has 0 aromatic heterocycles. The quantitative estimate of drug-likeness (QED) is 0.778. The molecule has 0 aromatic rings. The van der Waals surface area contributed by atoms with E-state index in [9.17, 15) is 9.18 Å². The average Bonchev–Trinajstić information content (AvgIpc) is 2.75. The van der Waals surface area contributed by atoms with Gasteiger partial charge in [-0.15, -0.1) is 0 Å². The lowest BCUT2D eigenvalue weighted by molar-refractivity contribution is -0.133. The number of rotatable bonds is 2. The Morgan fingerprint density at radius 1 is 1.25 bits per heavy atom. The zero-order chi connectivity index (χ0) is 11.5. The van der Waals surface area contributed by atoms with Gasteiger partial charge in [-0.2, -0.15) is 0 Å². The van der Waals surface area contributed by atoms with E-state index < -0.39 is 12.2 Å². The molecule has 1 heterocycles. The van der Waals surface area contributed by atoms with Crippen LogP contribution in [-0.4, -0.2) is 36.1 Å². The zero-order valence-electron chi connectivity index (χ0n) is 9.70. The third-order valence-corrected chi connectivity index (χ3v) is 3.89. The maximum atomic E-state index is 13.0. The smallest absolute Gasteiger partial charge is 0.239 e. The van der Waals surface area contributed by atoms with Gasteiger partial charge in [0.2, 0.25) is 5.91 Å². The van der Waals surface area contributed by atoms with Gasteiger partial charge in [0.05, 0.1) is 12.6 Å². The Morgan fingerprint density at radius 2 is 1.94 bits per heavy atom. The van der Waals surface area contributed by atoms with E-state index in [1.807, 2.05) is 0 Å². The average molecular weight is 228 g/mol. The van der Waals surface area contributed by atoms with Crippen molar-refractivity contribution >= 4 is 5.91 Å². The number of likely N-dealkylation sites (tertiary alicyclic amines) is 1. The minimum absolute atomic E-state index is 0.0351. The molecule has 2 fully saturated rings. The fourth-order valence-electron chi connectivity index (χ4n) is 2.82. The maximum absolute atomic E-state index is 13.0. The summed E-state index contributed by atoms with van der Waals surface area (Å²) in [6, 6.07) is -0.398. The minimum Gasteiger partial charge on any atom is -0.338 e. The largest absolute Gasteiger partial charge is 0.338 e. The summed E-state index contributed by atoms with van der Waals surface area (Å²) in [5.41, 5.74) is 6.00. The van der Waals surface area contributed by atoms with Crippen molar-refractivity contribution in [3.05, 3.63) is 0 Å². The van der Waals surface area contributed by atoms with Crippen LogP contribution in [0.1, 0.15) is 38.5 Å². The summed E-state index contributed by atoms with van der Waals surface area (Å²) in [6.07, 6.45) is 5.35. The van der Waals surface area contributed by atoms with Crippen molar-refractivity contribution in [1.29, 1.82) is 0 Å². The first kappa shape index (κ1) is 11.8. The molecule has 2 rings (SSSR count). The molecule has 3 nitrogen and oxygen atoms in total. The first-order valence-electron chi connectivity index (χ1n) is 6.37. The third-order valence-electron chi connectivity index (χ3n) is 3.89. The second-order valence-electron chi connectivity index (χ2n) is 5.09. The first-order chi connectivity index (χ1) is 7.68. The summed E-state index contributed by atoms with van der Waals surface area (Å²) in [4.78, 5) is 13.6. The van der Waals surface area contributed by atoms with E-state index in [4.69, 9.17) is 5.73 Å². The van der Waals surface area contributed by atoms with E-state index in [0.29, 0.717) is 18.9 Å². The van der Waals surface area contributed by atoms with Crippen molar-refractivity contribution in [1.82, 2.24) is 4.90 Å². The van der Waals surface area contributed by atoms with Crippen LogP contribution in [0.2, 0.25) is 0 Å². The molecule has 92 valence electrons. The number of carbonyl (C=O) groups excluding carboxylic acids is 1. The summed E-state index contributed by atoms with van der Waals surface area (Å²) >= 11 is 0. The molecule has 4 heteroatoms. The molecule has 0 aromatic carbocycles. The van der Waals surface area contributed by atoms with Gasteiger partial charge >= 0.3 is 0 Å². The molecule has 1 aliphatic carbocycles. The summed E-state index contributed by atoms with van der Waals surface area (Å²) in [6.45, 7) is 0.791. The number of amides is 1. The molecule has 1 amide bonds. The van der Waals surface area contributed by atoms with E-state index in [-0.39, 0.29) is 12.5 Å². The maximum Gasteiger partial charge on any atom is 0.239 e. The number of hydrogen-bond donors (Lipinski definition) is 1. The van der Waals surface area contributed by atoms with Gasteiger partial charge in [-0.05, 0) is 25.2 Å². The lowest BCUT2D eigenvalue weighted by atomic mass is 9.84. The van der Waals surface area contributed by atoms with Crippen molar-refractivity contribution in [2.24, 2.45) is 11.7 Å². The molecule has 0 spiro atoms. The molecule has 1 saturated heterocycles. The van der Waals surface area contributed by atoms with Gasteiger partial charge in [0.25, 0.3) is 0 Å². The van der Waals surface area contributed by atoms with Gasteiger partial charge < -0.3 is 10.6 Å². The summed E-state index contributed by atoms with van der Waals surface area (Å²) in [7, 11) is 0. The van der Waals surface area contributed by atoms with E-state index in [1.165, 1.54) is 19.3 Å². The number of hydrogen-bond acceptors (Lipinski definition) is 2. The number of carbonyl (C=O) groups is 1. The van der Waals surface area contributed by atoms with Crippen molar-refractivity contribution in [3.8, 4) is 0 Å². The van der Waals surface area contributed by atoms with Crippen LogP contribution in [0, 0.1) is 5.92 Å². The van der Waals surface area contributed by atoms with Gasteiger partial charge in [0, 0.05) is 6.54 Å². The highest BCUT2D eigenvalue weighted by Gasteiger charge is 2.33. The van der Waals surface area contributed by atoms with Crippen LogP contribution in [-0.2, 0) is 4.79 Å². The van der Waals surface area contributed by atoms with E-state index in [2.05, 4.69) is 0 Å². The van der Waals surface area contributed by atoms with Crippen LogP contribution >= 0.6 is 0 Å². The normalized spacial score (nSPS) is 29.4. The molecule has 1 aliphatic heterocycles. The number of alkyl halides is 1. The molecule has 1 saturated carbocycles. The third kappa shape index (κ3) is 2.54. The Balaban J connectivity index is 1.88. The highest BCUT2D eigenvalue weighted by molar-refractivity contribution is 5.82. The van der Waals surface area contributed by atoms with Crippen molar-refractivity contribution < 1.29 is 9.18 Å². The first-order valence-corrected chi connectivity index (χ1v) is 6.37. The Bertz CT molecular complexity index is 253. The molecule has 2 N–H and O–H groups in total. The standard InChI is InChI=1S/C12H21FN2O/c13-10-6-7-15(8-10)12(16)11(14)9-4-2-1-3-5-9/h9-11H,1-8,14H2/t10-,11+/m1/s1. The predicted molar refractivity (Wildman–Crippen MR) is 60.6 cm³/mol. The Hall–Kier alpha value is -0.640. The van der Waals surface area contributed by atoms with Crippen LogP contribution in [0.25, 0.3) is 0 Å². The van der Waals surface area contributed by atoms with Crippen molar-refractivity contribution in [2.45, 2.75) is 50.7 Å². The minimum atomic E-state index is -0.845. The molecular weight excluding hydrogens is 207 g/mol. The lowest BCUT2D eigenvalue weighted by Crippen LogP contribution is -2.47. The van der Waals surface area contributed by atoms with Gasteiger partial charge in [-0.25, -0.2) is 4.39 Å². The van der Waals surface area contributed by atoms with Crippen LogP contribution in [0.3, 0.4) is 0 Å². The highest BCUT2D eigenvalue weighted by atomic mass is 19.1. The summed E-state index contributed by atoms with van der Waals surface area (Å²) in [5, 5.41) is 0. The lowest BCUT2D eigenvalue weighted by Gasteiger charge is -2.29. The monoisotopic (exact) mass is 228 g/mol. The van der Waals surface area contributed by atoms with E-state index in [0.717, 1.165) is 12.8 Å². The molecule has 2 atom stereocenters. The number of halogens is 1. The fraction of sp³-hybridized carbons (Fsp3) is 0.917. The highest BCUT2D eigenvalue weighted by Crippen LogP contribution is 2.27. The number of nitrogens with zero attached hydrogens (tertiary/aromatic N) is 1. The molecule has 16 heavy (non-hydrogen) atoms. The molecule has 2 aliphatic rings. The second-order valence-corrected chi connectivity index (χ2v) is 5.09. The number of nitrogens with two attached hydrogens (primary N) is 1. The van der Waals surface area contributed by atoms with Crippen LogP contribution in [0.15, 0.2) is 0 Å². The van der Waals surface area contributed by atoms with Crippen molar-refractivity contribution in [2.75, 3.05) is 13.1 Å². The Labute approximate surface area is 96.2 Å². The van der Waals surface area contributed by atoms with Crippen LogP contribution < -0.4 is 5.73 Å². The topological polar surface area (TPSA) is 46.3 Å². The van der Waals surface area contributed by atoms with Crippen LogP contribution in [0.4, 0.5) is 4.39 Å². The van der Waals surface area contributed by atoms with E-state index >= 15 is 0 Å². The van der Waals surface area contributed by atoms with Gasteiger partial charge in [0.1, 0.15) is 6.17 Å². The second kappa shape index (κ2) is 5.13. The molecular formula is C12H21FN2O. The molecule has 0 bridgehead atoms. The van der Waals surface area contributed by atoms with Crippen LogP contribution in [0.5, 0.6) is 0 Å². The van der Waals surface area contributed by atoms with E-state index in [1.54, 1.807) is 4.90 Å². The van der Waals surface area contributed by atoms with Gasteiger partial charge in [-0.1, -0.05) is 19.3 Å². The Kier molecular flexibility index (Phi) is 3.79.